The molecule has 1 atom stereocenters. The second-order valence-electron chi connectivity index (χ2n) is 6.69. The smallest absolute Gasteiger partial charge is 0.321 e. The lowest BCUT2D eigenvalue weighted by Gasteiger charge is -2.31. The zero-order valence-corrected chi connectivity index (χ0v) is 14.9. The number of urea groups is 1. The Morgan fingerprint density at radius 1 is 1.07 bits per heavy atom. The van der Waals surface area contributed by atoms with Crippen molar-refractivity contribution in [3.05, 3.63) is 66.1 Å². The molecule has 0 aliphatic carbocycles. The maximum atomic E-state index is 13.1. The van der Waals surface area contributed by atoms with E-state index in [4.69, 9.17) is 4.52 Å². The van der Waals surface area contributed by atoms with E-state index >= 15 is 0 Å². The summed E-state index contributed by atoms with van der Waals surface area (Å²) >= 11 is 0. The van der Waals surface area contributed by atoms with Gasteiger partial charge in [0, 0.05) is 24.3 Å². The standard InChI is InChI=1S/C20H18F2N4O2/c21-15-5-3-13(4-6-15)18-24-19(28-25-18)14-2-1-11-26(12-14)20(27)23-17-9-7-16(22)8-10-17/h3-10,14H,1-2,11-12H2,(H,23,27)/t14-/m1/s1. The summed E-state index contributed by atoms with van der Waals surface area (Å²) in [4.78, 5) is 18.6. The fraction of sp³-hybridized carbons (Fsp3) is 0.250. The van der Waals surface area contributed by atoms with E-state index in [2.05, 4.69) is 15.5 Å². The zero-order chi connectivity index (χ0) is 19.5. The van der Waals surface area contributed by atoms with Crippen LogP contribution < -0.4 is 5.32 Å². The number of carbonyl (C=O) groups is 1. The fourth-order valence-electron chi connectivity index (χ4n) is 3.22. The Labute approximate surface area is 160 Å². The molecule has 1 saturated heterocycles. The molecule has 0 unspecified atom stereocenters. The van der Waals surface area contributed by atoms with Gasteiger partial charge in [0.2, 0.25) is 11.7 Å². The van der Waals surface area contributed by atoms with Gasteiger partial charge in [-0.2, -0.15) is 4.98 Å². The maximum Gasteiger partial charge on any atom is 0.321 e. The summed E-state index contributed by atoms with van der Waals surface area (Å²) in [6.45, 7) is 1.06. The van der Waals surface area contributed by atoms with Crippen LogP contribution in [-0.4, -0.2) is 34.2 Å². The van der Waals surface area contributed by atoms with Gasteiger partial charge in [-0.15, -0.1) is 0 Å². The largest absolute Gasteiger partial charge is 0.339 e. The third-order valence-corrected chi connectivity index (χ3v) is 4.70. The predicted molar refractivity (Wildman–Crippen MR) is 98.7 cm³/mol. The second-order valence-corrected chi connectivity index (χ2v) is 6.69. The third-order valence-electron chi connectivity index (χ3n) is 4.70. The summed E-state index contributed by atoms with van der Waals surface area (Å²) in [5, 5.41) is 6.74. The third kappa shape index (κ3) is 4.00. The van der Waals surface area contributed by atoms with Crippen molar-refractivity contribution in [3.63, 3.8) is 0 Å². The van der Waals surface area contributed by atoms with Crippen molar-refractivity contribution in [2.24, 2.45) is 0 Å². The SMILES string of the molecule is O=C(Nc1ccc(F)cc1)N1CCC[C@@H](c2nc(-c3ccc(F)cc3)no2)C1. The molecule has 144 valence electrons. The van der Waals surface area contributed by atoms with Crippen LogP contribution in [-0.2, 0) is 0 Å². The molecule has 1 aliphatic rings. The predicted octanol–water partition coefficient (Wildman–Crippen LogP) is 4.43. The molecule has 0 saturated carbocycles. The molecule has 0 spiro atoms. The van der Waals surface area contributed by atoms with Gasteiger partial charge >= 0.3 is 6.03 Å². The van der Waals surface area contributed by atoms with E-state index in [-0.39, 0.29) is 23.6 Å². The van der Waals surface area contributed by atoms with Crippen molar-refractivity contribution in [1.29, 1.82) is 0 Å². The summed E-state index contributed by atoms with van der Waals surface area (Å²) in [5.41, 5.74) is 1.20. The number of hydrogen-bond donors (Lipinski definition) is 1. The zero-order valence-electron chi connectivity index (χ0n) is 14.9. The topological polar surface area (TPSA) is 71.3 Å². The first-order chi connectivity index (χ1) is 13.6. The van der Waals surface area contributed by atoms with Gasteiger partial charge in [-0.05, 0) is 61.4 Å². The van der Waals surface area contributed by atoms with Crippen molar-refractivity contribution < 1.29 is 18.1 Å². The first kappa shape index (κ1) is 18.1. The van der Waals surface area contributed by atoms with Crippen molar-refractivity contribution in [2.75, 3.05) is 18.4 Å². The minimum atomic E-state index is -0.357. The van der Waals surface area contributed by atoms with E-state index < -0.39 is 0 Å². The van der Waals surface area contributed by atoms with Gasteiger partial charge in [-0.1, -0.05) is 5.16 Å². The van der Waals surface area contributed by atoms with Crippen molar-refractivity contribution in [1.82, 2.24) is 15.0 Å². The van der Waals surface area contributed by atoms with E-state index in [1.54, 1.807) is 17.0 Å². The summed E-state index contributed by atoms with van der Waals surface area (Å²) in [6, 6.07) is 11.2. The van der Waals surface area contributed by atoms with Gasteiger partial charge in [-0.3, -0.25) is 0 Å². The molecule has 6 nitrogen and oxygen atoms in total. The number of anilines is 1. The molecule has 2 heterocycles. The molecular formula is C20H18F2N4O2. The van der Waals surface area contributed by atoms with Gasteiger partial charge in [0.05, 0.1) is 5.92 Å². The highest BCUT2D eigenvalue weighted by atomic mass is 19.1. The molecule has 0 radical (unpaired) electrons. The van der Waals surface area contributed by atoms with Crippen molar-refractivity contribution in [2.45, 2.75) is 18.8 Å². The number of nitrogens with one attached hydrogen (secondary N) is 1. The number of piperidine rings is 1. The second kappa shape index (κ2) is 7.75. The lowest BCUT2D eigenvalue weighted by molar-refractivity contribution is 0.184. The van der Waals surface area contributed by atoms with Gasteiger partial charge in [-0.25, -0.2) is 13.6 Å². The summed E-state index contributed by atoms with van der Waals surface area (Å²) in [7, 11) is 0. The Morgan fingerprint density at radius 3 is 2.46 bits per heavy atom. The normalized spacial score (nSPS) is 16.8. The van der Waals surface area contributed by atoms with Crippen molar-refractivity contribution in [3.8, 4) is 11.4 Å². The molecule has 1 aliphatic heterocycles. The fourth-order valence-corrected chi connectivity index (χ4v) is 3.22. The monoisotopic (exact) mass is 384 g/mol. The molecule has 4 rings (SSSR count). The van der Waals surface area contributed by atoms with Crippen LogP contribution in [0.4, 0.5) is 19.3 Å². The number of hydrogen-bond acceptors (Lipinski definition) is 4. The minimum absolute atomic E-state index is 0.0746. The average molecular weight is 384 g/mol. The van der Waals surface area contributed by atoms with Crippen LogP contribution >= 0.6 is 0 Å². The number of halogens is 2. The molecule has 28 heavy (non-hydrogen) atoms. The Balaban J connectivity index is 1.43. The lowest BCUT2D eigenvalue weighted by Crippen LogP contribution is -2.41. The highest BCUT2D eigenvalue weighted by Gasteiger charge is 2.28. The summed E-state index contributed by atoms with van der Waals surface area (Å²) in [5.74, 6) is 0.0860. The van der Waals surface area contributed by atoms with E-state index in [0.29, 0.717) is 36.1 Å². The molecule has 2 aromatic carbocycles. The van der Waals surface area contributed by atoms with Gasteiger partial charge in [0.15, 0.2) is 0 Å². The summed E-state index contributed by atoms with van der Waals surface area (Å²) in [6.07, 6.45) is 1.63. The molecule has 3 aromatic rings. The molecule has 0 bridgehead atoms. The van der Waals surface area contributed by atoms with Crippen LogP contribution in [0.5, 0.6) is 0 Å². The van der Waals surface area contributed by atoms with Crippen LogP contribution in [0.15, 0.2) is 53.1 Å². The number of aromatic nitrogens is 2. The van der Waals surface area contributed by atoms with Gasteiger partial charge in [0.25, 0.3) is 0 Å². The molecule has 1 aromatic heterocycles. The van der Waals surface area contributed by atoms with Crippen LogP contribution in [0.2, 0.25) is 0 Å². The van der Waals surface area contributed by atoms with Crippen LogP contribution in [0.25, 0.3) is 11.4 Å². The number of rotatable bonds is 3. The first-order valence-electron chi connectivity index (χ1n) is 8.99. The number of likely N-dealkylation sites (tertiary alicyclic amines) is 1. The maximum absolute atomic E-state index is 13.1. The van der Waals surface area contributed by atoms with E-state index in [1.807, 2.05) is 0 Å². The Kier molecular flexibility index (Phi) is 5.01. The number of nitrogens with zero attached hydrogens (tertiary/aromatic N) is 3. The Morgan fingerprint density at radius 2 is 1.75 bits per heavy atom. The molecule has 1 fully saturated rings. The first-order valence-corrected chi connectivity index (χ1v) is 8.99. The van der Waals surface area contributed by atoms with Crippen LogP contribution in [0.1, 0.15) is 24.7 Å². The number of carbonyl (C=O) groups excluding carboxylic acids is 1. The Bertz CT molecular complexity index is 957. The van der Waals surface area contributed by atoms with Crippen LogP contribution in [0, 0.1) is 11.6 Å². The molecular weight excluding hydrogens is 366 g/mol. The van der Waals surface area contributed by atoms with Gasteiger partial charge < -0.3 is 14.7 Å². The number of benzene rings is 2. The molecule has 2 amide bonds. The lowest BCUT2D eigenvalue weighted by atomic mass is 9.98. The number of amides is 2. The highest BCUT2D eigenvalue weighted by molar-refractivity contribution is 5.89. The van der Waals surface area contributed by atoms with E-state index in [9.17, 15) is 13.6 Å². The van der Waals surface area contributed by atoms with Gasteiger partial charge in [0.1, 0.15) is 11.6 Å². The highest BCUT2D eigenvalue weighted by Crippen LogP contribution is 2.28. The van der Waals surface area contributed by atoms with E-state index in [1.165, 1.54) is 36.4 Å². The molecule has 1 N–H and O–H groups in total. The Hall–Kier alpha value is -3.29. The quantitative estimate of drug-likeness (QED) is 0.725. The summed E-state index contributed by atoms with van der Waals surface area (Å²) < 4.78 is 31.5. The average Bonchev–Trinajstić information content (AvgIpc) is 3.21. The van der Waals surface area contributed by atoms with Crippen LogP contribution in [0.3, 0.4) is 0 Å². The van der Waals surface area contributed by atoms with Crippen molar-refractivity contribution >= 4 is 11.7 Å². The molecule has 8 heteroatoms. The minimum Gasteiger partial charge on any atom is -0.339 e. The van der Waals surface area contributed by atoms with E-state index in [0.717, 1.165) is 12.8 Å².